The zero-order valence-electron chi connectivity index (χ0n) is 20.0. The van der Waals surface area contributed by atoms with E-state index in [0.29, 0.717) is 34.9 Å². The molecule has 0 aliphatic carbocycles. The van der Waals surface area contributed by atoms with Gasteiger partial charge in [-0.2, -0.15) is 4.98 Å². The molecule has 1 atom stereocenters. The van der Waals surface area contributed by atoms with Crippen LogP contribution in [0.15, 0.2) is 17.2 Å². The molecule has 1 N–H and O–H groups in total. The maximum absolute atomic E-state index is 13.7. The molecule has 0 aromatic carbocycles. The average molecular weight is 521 g/mol. The Balaban J connectivity index is 2.03. The van der Waals surface area contributed by atoms with E-state index in [0.717, 1.165) is 0 Å². The Labute approximate surface area is 211 Å². The number of fused-ring (bicyclic) bond motifs is 1. The SMILES string of the molecule is CC(C)c1ncnc(N(C)C)c1-n1c(=O)nc(N2CCN(C(=O)O)CC2C)c2cc(Cl)c(Cl)nc21. The van der Waals surface area contributed by atoms with Crippen LogP contribution in [-0.2, 0) is 0 Å². The predicted molar refractivity (Wildman–Crippen MR) is 136 cm³/mol. The lowest BCUT2D eigenvalue weighted by Crippen LogP contribution is -2.54. The number of halogens is 2. The van der Waals surface area contributed by atoms with Crippen LogP contribution in [0.4, 0.5) is 16.4 Å². The molecular formula is C22H26Cl2N8O3. The fourth-order valence-electron chi connectivity index (χ4n) is 4.30. The number of hydrogen-bond acceptors (Lipinski definition) is 8. The normalized spacial score (nSPS) is 16.3. The van der Waals surface area contributed by atoms with Gasteiger partial charge in [-0.05, 0) is 18.9 Å². The van der Waals surface area contributed by atoms with Crippen molar-refractivity contribution in [2.75, 3.05) is 43.5 Å². The summed E-state index contributed by atoms with van der Waals surface area (Å²) in [6, 6.07) is 1.40. The lowest BCUT2D eigenvalue weighted by molar-refractivity contribution is 0.136. The zero-order valence-corrected chi connectivity index (χ0v) is 21.5. The van der Waals surface area contributed by atoms with Crippen LogP contribution < -0.4 is 15.5 Å². The fourth-order valence-corrected chi connectivity index (χ4v) is 4.58. The molecule has 0 spiro atoms. The highest BCUT2D eigenvalue weighted by Gasteiger charge is 2.31. The summed E-state index contributed by atoms with van der Waals surface area (Å²) in [6.45, 7) is 6.72. The molecule has 13 heteroatoms. The van der Waals surface area contributed by atoms with E-state index in [-0.39, 0.29) is 40.9 Å². The molecule has 0 radical (unpaired) electrons. The first kappa shape index (κ1) is 24.9. The highest BCUT2D eigenvalue weighted by atomic mass is 35.5. The van der Waals surface area contributed by atoms with Gasteiger partial charge < -0.3 is 19.8 Å². The zero-order chi connectivity index (χ0) is 25.6. The molecule has 1 saturated heterocycles. The number of anilines is 2. The summed E-state index contributed by atoms with van der Waals surface area (Å²) in [4.78, 5) is 47.9. The predicted octanol–water partition coefficient (Wildman–Crippen LogP) is 3.26. The van der Waals surface area contributed by atoms with E-state index < -0.39 is 11.8 Å². The van der Waals surface area contributed by atoms with Crippen LogP contribution in [0.2, 0.25) is 10.2 Å². The van der Waals surface area contributed by atoms with E-state index >= 15 is 0 Å². The van der Waals surface area contributed by atoms with Gasteiger partial charge in [0, 0.05) is 39.8 Å². The monoisotopic (exact) mass is 520 g/mol. The van der Waals surface area contributed by atoms with Crippen molar-refractivity contribution < 1.29 is 9.90 Å². The van der Waals surface area contributed by atoms with Crippen molar-refractivity contribution in [1.82, 2.24) is 29.4 Å². The van der Waals surface area contributed by atoms with E-state index in [1.54, 1.807) is 11.0 Å². The number of rotatable bonds is 4. The molecule has 4 heterocycles. The largest absolute Gasteiger partial charge is 0.465 e. The summed E-state index contributed by atoms with van der Waals surface area (Å²) < 4.78 is 1.38. The van der Waals surface area contributed by atoms with Crippen LogP contribution in [0.3, 0.4) is 0 Å². The molecule has 1 amide bonds. The maximum atomic E-state index is 13.7. The van der Waals surface area contributed by atoms with Crippen molar-refractivity contribution in [3.8, 4) is 5.69 Å². The van der Waals surface area contributed by atoms with Crippen molar-refractivity contribution in [3.63, 3.8) is 0 Å². The summed E-state index contributed by atoms with van der Waals surface area (Å²) in [5.41, 5.74) is 0.808. The molecule has 0 saturated carbocycles. The summed E-state index contributed by atoms with van der Waals surface area (Å²) in [7, 11) is 3.65. The van der Waals surface area contributed by atoms with Crippen molar-refractivity contribution in [2.24, 2.45) is 0 Å². The second kappa shape index (κ2) is 9.46. The van der Waals surface area contributed by atoms with Gasteiger partial charge in [0.25, 0.3) is 0 Å². The van der Waals surface area contributed by atoms with Gasteiger partial charge in [0.2, 0.25) is 0 Å². The molecule has 1 aliphatic heterocycles. The van der Waals surface area contributed by atoms with E-state index in [2.05, 4.69) is 19.9 Å². The van der Waals surface area contributed by atoms with Crippen LogP contribution in [-0.4, -0.2) is 80.4 Å². The Bertz CT molecular complexity index is 1330. The Morgan fingerprint density at radius 3 is 2.51 bits per heavy atom. The number of amides is 1. The molecular weight excluding hydrogens is 495 g/mol. The van der Waals surface area contributed by atoms with Gasteiger partial charge in [0.05, 0.1) is 16.1 Å². The van der Waals surface area contributed by atoms with Crippen molar-refractivity contribution in [3.05, 3.63) is 38.7 Å². The van der Waals surface area contributed by atoms with E-state index in [4.69, 9.17) is 23.2 Å². The number of carbonyl (C=O) groups is 1. The minimum absolute atomic E-state index is 0.0276. The molecule has 1 fully saturated rings. The first-order valence-corrected chi connectivity index (χ1v) is 11.8. The van der Waals surface area contributed by atoms with E-state index in [9.17, 15) is 14.7 Å². The van der Waals surface area contributed by atoms with E-state index in [1.165, 1.54) is 15.8 Å². The minimum Gasteiger partial charge on any atom is -0.465 e. The van der Waals surface area contributed by atoms with Gasteiger partial charge in [-0.1, -0.05) is 37.0 Å². The van der Waals surface area contributed by atoms with Crippen molar-refractivity contribution in [1.29, 1.82) is 0 Å². The van der Waals surface area contributed by atoms with Gasteiger partial charge in [0.1, 0.15) is 23.0 Å². The smallest absolute Gasteiger partial charge is 0.407 e. The Morgan fingerprint density at radius 2 is 1.91 bits per heavy atom. The number of aromatic nitrogens is 5. The number of nitrogens with zero attached hydrogens (tertiary/aromatic N) is 8. The molecule has 11 nitrogen and oxygen atoms in total. The molecule has 4 rings (SSSR count). The summed E-state index contributed by atoms with van der Waals surface area (Å²) in [5.74, 6) is 0.873. The maximum Gasteiger partial charge on any atom is 0.407 e. The summed E-state index contributed by atoms with van der Waals surface area (Å²) in [5, 5.41) is 10.1. The van der Waals surface area contributed by atoms with Crippen LogP contribution >= 0.6 is 23.2 Å². The van der Waals surface area contributed by atoms with Crippen molar-refractivity contribution >= 4 is 52.0 Å². The van der Waals surface area contributed by atoms with Crippen LogP contribution in [0.5, 0.6) is 0 Å². The highest BCUT2D eigenvalue weighted by molar-refractivity contribution is 6.41. The van der Waals surface area contributed by atoms with Crippen molar-refractivity contribution in [2.45, 2.75) is 32.7 Å². The second-order valence-electron chi connectivity index (χ2n) is 8.94. The second-order valence-corrected chi connectivity index (χ2v) is 9.70. The Kier molecular flexibility index (Phi) is 6.74. The first-order chi connectivity index (χ1) is 16.5. The number of carboxylic acid groups (broad SMARTS) is 1. The third-order valence-corrected chi connectivity index (χ3v) is 6.63. The van der Waals surface area contributed by atoms with Gasteiger partial charge in [-0.25, -0.2) is 29.1 Å². The number of piperazine rings is 1. The average Bonchev–Trinajstić information content (AvgIpc) is 2.79. The molecule has 3 aromatic heterocycles. The Morgan fingerprint density at radius 1 is 1.20 bits per heavy atom. The Hall–Kier alpha value is -3.18. The van der Waals surface area contributed by atoms with Gasteiger partial charge in [0.15, 0.2) is 11.5 Å². The van der Waals surface area contributed by atoms with Crippen LogP contribution in [0.25, 0.3) is 16.7 Å². The number of pyridine rings is 1. The third kappa shape index (κ3) is 4.45. The van der Waals surface area contributed by atoms with Crippen LogP contribution in [0.1, 0.15) is 32.4 Å². The molecule has 0 bridgehead atoms. The lowest BCUT2D eigenvalue weighted by atomic mass is 10.1. The molecule has 1 aliphatic rings. The topological polar surface area (TPSA) is 121 Å². The minimum atomic E-state index is -0.984. The van der Waals surface area contributed by atoms with Gasteiger partial charge in [-0.3, -0.25) is 0 Å². The molecule has 3 aromatic rings. The third-order valence-electron chi connectivity index (χ3n) is 5.95. The number of hydrogen-bond donors (Lipinski definition) is 1. The van der Waals surface area contributed by atoms with E-state index in [1.807, 2.05) is 39.8 Å². The lowest BCUT2D eigenvalue weighted by Gasteiger charge is -2.39. The van der Waals surface area contributed by atoms with Gasteiger partial charge in [-0.15, -0.1) is 0 Å². The molecule has 186 valence electrons. The summed E-state index contributed by atoms with van der Waals surface area (Å²) in [6.07, 6.45) is 0.479. The molecule has 35 heavy (non-hydrogen) atoms. The first-order valence-electron chi connectivity index (χ1n) is 11.1. The fraction of sp³-hybridized carbons (Fsp3) is 0.455. The highest BCUT2D eigenvalue weighted by Crippen LogP contribution is 2.34. The molecule has 1 unspecified atom stereocenters. The summed E-state index contributed by atoms with van der Waals surface area (Å²) >= 11 is 12.7. The van der Waals surface area contributed by atoms with Gasteiger partial charge >= 0.3 is 11.8 Å². The standard InChI is InChI=1S/C22H26Cl2N8O3/c1-11(2)15-16(20(29(4)5)26-10-25-15)32-19-13(8-14(23)17(24)27-19)18(28-21(32)33)31-7-6-30(22(34)35)9-12(31)3/h8,10-12H,6-7,9H2,1-5H3,(H,34,35). The van der Waals surface area contributed by atoms with Crippen LogP contribution in [0, 0.1) is 0 Å². The quantitative estimate of drug-likeness (QED) is 0.516.